The highest BCUT2D eigenvalue weighted by Gasteiger charge is 2.31. The van der Waals surface area contributed by atoms with Crippen molar-refractivity contribution in [3.8, 4) is 0 Å². The number of amides is 2. The molecule has 1 aromatic heterocycles. The summed E-state index contributed by atoms with van der Waals surface area (Å²) in [5.74, 6) is 0.509. The quantitative estimate of drug-likeness (QED) is 0.830. The Hall–Kier alpha value is -1.70. The number of urea groups is 1. The number of hydrazine groups is 1. The Balaban J connectivity index is 1.51. The molecule has 2 aliphatic rings. The van der Waals surface area contributed by atoms with E-state index >= 15 is 0 Å². The lowest BCUT2D eigenvalue weighted by molar-refractivity contribution is 0.106. The maximum atomic E-state index is 12.5. The summed E-state index contributed by atoms with van der Waals surface area (Å²) in [6, 6.07) is 4.60. The molecule has 3 rings (SSSR count). The van der Waals surface area contributed by atoms with Gasteiger partial charge >= 0.3 is 6.03 Å². The van der Waals surface area contributed by atoms with Crippen molar-refractivity contribution in [2.45, 2.75) is 19.9 Å². The van der Waals surface area contributed by atoms with Gasteiger partial charge in [0.1, 0.15) is 0 Å². The fourth-order valence-corrected chi connectivity index (χ4v) is 3.77. The Bertz CT molecular complexity index is 542. The number of rotatable bonds is 5. The van der Waals surface area contributed by atoms with E-state index in [1.807, 2.05) is 42.1 Å². The van der Waals surface area contributed by atoms with Crippen molar-refractivity contribution in [3.05, 3.63) is 30.1 Å². The van der Waals surface area contributed by atoms with Crippen molar-refractivity contribution in [1.29, 1.82) is 0 Å². The van der Waals surface area contributed by atoms with Crippen molar-refractivity contribution in [2.24, 2.45) is 5.92 Å². The molecule has 0 aliphatic carbocycles. The number of nitrogens with one attached hydrogen (secondary N) is 2. The molecule has 2 unspecified atom stereocenters. The van der Waals surface area contributed by atoms with Crippen LogP contribution < -0.4 is 10.9 Å². The van der Waals surface area contributed by atoms with Crippen LogP contribution >= 0.6 is 0 Å². The van der Waals surface area contributed by atoms with E-state index in [2.05, 4.69) is 26.8 Å². The molecule has 0 aromatic carbocycles. The minimum atomic E-state index is 0.182. The second kappa shape index (κ2) is 8.60. The maximum Gasteiger partial charge on any atom is 0.320 e. The Kier molecular flexibility index (Phi) is 6.23. The van der Waals surface area contributed by atoms with Crippen molar-refractivity contribution >= 4 is 6.03 Å². The summed E-state index contributed by atoms with van der Waals surface area (Å²) >= 11 is 0. The zero-order valence-electron chi connectivity index (χ0n) is 15.3. The van der Waals surface area contributed by atoms with E-state index in [0.29, 0.717) is 12.0 Å². The van der Waals surface area contributed by atoms with Crippen LogP contribution in [0.2, 0.25) is 0 Å². The van der Waals surface area contributed by atoms with Gasteiger partial charge in [0.2, 0.25) is 0 Å². The molecule has 2 fully saturated rings. The summed E-state index contributed by atoms with van der Waals surface area (Å²) in [4.78, 5) is 23.1. The molecule has 0 spiro atoms. The maximum absolute atomic E-state index is 12.5. The molecule has 0 saturated carbocycles. The second-order valence-corrected chi connectivity index (χ2v) is 6.79. The number of pyridine rings is 1. The van der Waals surface area contributed by atoms with Gasteiger partial charge in [-0.05, 0) is 25.5 Å². The fraction of sp³-hybridized carbons (Fsp3) is 0.667. The fourth-order valence-electron chi connectivity index (χ4n) is 3.77. The Labute approximate surface area is 150 Å². The van der Waals surface area contributed by atoms with E-state index in [4.69, 9.17) is 0 Å². The first-order valence-corrected chi connectivity index (χ1v) is 9.37. The summed E-state index contributed by atoms with van der Waals surface area (Å²) in [7, 11) is 0. The van der Waals surface area contributed by atoms with Crippen molar-refractivity contribution in [2.75, 3.05) is 52.4 Å². The number of nitrogens with zero attached hydrogens (tertiary/aromatic N) is 4. The molecule has 7 heteroatoms. The third-order valence-corrected chi connectivity index (χ3v) is 5.31. The number of carbonyl (C=O) groups excluding carboxylic acids is 1. The number of hydrogen-bond donors (Lipinski definition) is 2. The normalized spacial score (nSPS) is 24.5. The average Bonchev–Trinajstić information content (AvgIpc) is 3.12. The van der Waals surface area contributed by atoms with Crippen LogP contribution in [-0.2, 0) is 0 Å². The molecule has 2 amide bonds. The Morgan fingerprint density at radius 1 is 1.28 bits per heavy atom. The van der Waals surface area contributed by atoms with Crippen LogP contribution in [0.5, 0.6) is 0 Å². The van der Waals surface area contributed by atoms with Crippen LogP contribution in [0.3, 0.4) is 0 Å². The van der Waals surface area contributed by atoms with Crippen LogP contribution in [-0.4, -0.2) is 78.1 Å². The number of carbonyl (C=O) groups is 1. The molecule has 0 radical (unpaired) electrons. The van der Waals surface area contributed by atoms with Gasteiger partial charge in [-0.15, -0.1) is 0 Å². The third kappa shape index (κ3) is 4.29. The molecular formula is C18H30N6O. The van der Waals surface area contributed by atoms with Crippen LogP contribution in [0.25, 0.3) is 0 Å². The monoisotopic (exact) mass is 346 g/mol. The Morgan fingerprint density at radius 2 is 2.04 bits per heavy atom. The first-order valence-electron chi connectivity index (χ1n) is 9.37. The summed E-state index contributed by atoms with van der Waals surface area (Å²) in [6.07, 6.45) is 3.76. The van der Waals surface area contributed by atoms with Crippen LogP contribution in [0.4, 0.5) is 4.79 Å². The molecule has 2 aliphatic heterocycles. The molecule has 2 N–H and O–H groups in total. The zero-order chi connectivity index (χ0) is 17.6. The highest BCUT2D eigenvalue weighted by molar-refractivity contribution is 5.74. The number of piperazine rings is 1. The predicted molar refractivity (Wildman–Crippen MR) is 97.9 cm³/mol. The van der Waals surface area contributed by atoms with E-state index in [-0.39, 0.29) is 6.03 Å². The molecule has 3 heterocycles. The van der Waals surface area contributed by atoms with E-state index in [1.165, 1.54) is 5.56 Å². The lowest BCUT2D eigenvalue weighted by Crippen LogP contribution is -2.53. The number of aromatic nitrogens is 1. The van der Waals surface area contributed by atoms with Crippen LogP contribution in [0.1, 0.15) is 25.5 Å². The van der Waals surface area contributed by atoms with Gasteiger partial charge in [0.25, 0.3) is 0 Å². The van der Waals surface area contributed by atoms with Crippen molar-refractivity contribution < 1.29 is 4.79 Å². The molecule has 0 bridgehead atoms. The molecule has 2 atom stereocenters. The standard InChI is InChI=1S/C18H30N6O/c1-3-23(4-2)18(25)24-10-8-22(9-11-24)14-16-13-20-21-17(16)15-6-5-7-19-12-15/h5-7,12,16-17,20-21H,3-4,8-11,13-14H2,1-2H3. The van der Waals surface area contributed by atoms with E-state index in [1.54, 1.807) is 0 Å². The van der Waals surface area contributed by atoms with Gasteiger partial charge in [0.15, 0.2) is 0 Å². The molecular weight excluding hydrogens is 316 g/mol. The summed E-state index contributed by atoms with van der Waals surface area (Å²) in [5.41, 5.74) is 7.90. The first kappa shape index (κ1) is 18.1. The van der Waals surface area contributed by atoms with Gasteiger partial charge in [0, 0.05) is 70.7 Å². The highest BCUT2D eigenvalue weighted by Crippen LogP contribution is 2.25. The van der Waals surface area contributed by atoms with Crippen LogP contribution in [0.15, 0.2) is 24.5 Å². The molecule has 1 aromatic rings. The lowest BCUT2D eigenvalue weighted by atomic mass is 9.95. The predicted octanol–water partition coefficient (Wildman–Crippen LogP) is 0.926. The lowest BCUT2D eigenvalue weighted by Gasteiger charge is -2.38. The minimum absolute atomic E-state index is 0.182. The van der Waals surface area contributed by atoms with Gasteiger partial charge in [0.05, 0.1) is 6.04 Å². The van der Waals surface area contributed by atoms with E-state index < -0.39 is 0 Å². The van der Waals surface area contributed by atoms with Gasteiger partial charge in [-0.1, -0.05) is 6.07 Å². The largest absolute Gasteiger partial charge is 0.325 e. The van der Waals surface area contributed by atoms with Gasteiger partial charge in [-0.3, -0.25) is 15.3 Å². The summed E-state index contributed by atoms with van der Waals surface area (Å²) in [5, 5.41) is 0. The van der Waals surface area contributed by atoms with E-state index in [0.717, 1.165) is 52.4 Å². The molecule has 7 nitrogen and oxygen atoms in total. The number of hydrogen-bond acceptors (Lipinski definition) is 5. The Morgan fingerprint density at radius 3 is 2.68 bits per heavy atom. The molecule has 138 valence electrons. The topological polar surface area (TPSA) is 63.7 Å². The smallest absolute Gasteiger partial charge is 0.320 e. The zero-order valence-corrected chi connectivity index (χ0v) is 15.3. The van der Waals surface area contributed by atoms with Crippen LogP contribution in [0, 0.1) is 5.92 Å². The minimum Gasteiger partial charge on any atom is -0.325 e. The van der Waals surface area contributed by atoms with Crippen molar-refractivity contribution in [3.63, 3.8) is 0 Å². The third-order valence-electron chi connectivity index (χ3n) is 5.31. The second-order valence-electron chi connectivity index (χ2n) is 6.79. The highest BCUT2D eigenvalue weighted by atomic mass is 16.2. The molecule has 2 saturated heterocycles. The SMILES string of the molecule is CCN(CC)C(=O)N1CCN(CC2CNNC2c2cccnc2)CC1. The van der Waals surface area contributed by atoms with Gasteiger partial charge in [-0.25, -0.2) is 10.2 Å². The average molecular weight is 346 g/mol. The van der Waals surface area contributed by atoms with Crippen molar-refractivity contribution in [1.82, 2.24) is 30.5 Å². The van der Waals surface area contributed by atoms with Gasteiger partial charge < -0.3 is 9.80 Å². The molecule has 25 heavy (non-hydrogen) atoms. The van der Waals surface area contributed by atoms with E-state index in [9.17, 15) is 4.79 Å². The first-order chi connectivity index (χ1) is 12.2. The summed E-state index contributed by atoms with van der Waals surface area (Å²) < 4.78 is 0. The van der Waals surface area contributed by atoms with Gasteiger partial charge in [-0.2, -0.15) is 0 Å². The summed E-state index contributed by atoms with van der Waals surface area (Å²) in [6.45, 7) is 11.2.